The number of carbonyl (C=O) groups is 1. The van der Waals surface area contributed by atoms with Crippen LogP contribution >= 0.6 is 15.9 Å². The number of aromatic amines is 1. The third-order valence-corrected chi connectivity index (χ3v) is 4.40. The molecule has 1 atom stereocenters. The second-order valence-corrected chi connectivity index (χ2v) is 6.72. The Morgan fingerprint density at radius 3 is 2.75 bits per heavy atom. The van der Waals surface area contributed by atoms with Gasteiger partial charge in [0.2, 0.25) is 0 Å². The molecule has 1 aromatic heterocycles. The van der Waals surface area contributed by atoms with Crippen molar-refractivity contribution in [2.45, 2.75) is 13.0 Å². The lowest BCUT2D eigenvalue weighted by Crippen LogP contribution is -2.32. The molecule has 0 saturated carbocycles. The van der Waals surface area contributed by atoms with E-state index in [1.165, 1.54) is 13.3 Å². The number of benzene rings is 2. The molecule has 1 N–H and O–H groups in total. The first-order valence-electron chi connectivity index (χ1n) is 8.23. The fraction of sp³-hybridized carbons (Fsp3) is 0.158. The molecule has 28 heavy (non-hydrogen) atoms. The summed E-state index contributed by atoms with van der Waals surface area (Å²) in [5, 5.41) is 4.36. The number of hydrogen-bond donors (Lipinski definition) is 1. The Kier molecular flexibility index (Phi) is 5.74. The minimum Gasteiger partial charge on any atom is -0.478 e. The quantitative estimate of drug-likeness (QED) is 0.479. The molecule has 3 rings (SSSR count). The number of halogens is 1. The third-order valence-electron chi connectivity index (χ3n) is 3.90. The lowest BCUT2D eigenvalue weighted by atomic mass is 10.2. The molecule has 0 aliphatic heterocycles. The smallest absolute Gasteiger partial charge is 0.349 e. The van der Waals surface area contributed by atoms with Crippen LogP contribution in [0.5, 0.6) is 5.75 Å². The molecule has 0 aliphatic rings. The third kappa shape index (κ3) is 4.04. The van der Waals surface area contributed by atoms with Gasteiger partial charge in [0, 0.05) is 10.0 Å². The lowest BCUT2D eigenvalue weighted by Gasteiger charge is -2.14. The van der Waals surface area contributed by atoms with Gasteiger partial charge in [-0.2, -0.15) is 5.10 Å². The summed E-state index contributed by atoms with van der Waals surface area (Å²) in [6.07, 6.45) is 0.473. The van der Waals surface area contributed by atoms with Gasteiger partial charge in [-0.25, -0.2) is 9.59 Å². The monoisotopic (exact) mass is 445 g/mol. The Morgan fingerprint density at radius 1 is 1.25 bits per heavy atom. The largest absolute Gasteiger partial charge is 0.478 e. The van der Waals surface area contributed by atoms with Crippen LogP contribution in [0.1, 0.15) is 12.5 Å². The maximum Gasteiger partial charge on any atom is 0.349 e. The Balaban J connectivity index is 2.02. The summed E-state index contributed by atoms with van der Waals surface area (Å²) >= 11 is 3.35. The number of methoxy groups -OCH3 is 1. The molecule has 0 radical (unpaired) electrons. The first-order chi connectivity index (χ1) is 13.4. The molecular weight excluding hydrogens is 430 g/mol. The van der Waals surface area contributed by atoms with Crippen LogP contribution in [-0.4, -0.2) is 35.1 Å². The first-order valence-corrected chi connectivity index (χ1v) is 9.02. The van der Waals surface area contributed by atoms with Crippen molar-refractivity contribution < 1.29 is 14.3 Å². The van der Waals surface area contributed by atoms with E-state index in [2.05, 4.69) is 30.8 Å². The average Bonchev–Trinajstić information content (AvgIpc) is 2.68. The van der Waals surface area contributed by atoms with Crippen molar-refractivity contribution in [3.05, 3.63) is 73.3 Å². The predicted molar refractivity (Wildman–Crippen MR) is 108 cm³/mol. The van der Waals surface area contributed by atoms with Crippen LogP contribution in [0.25, 0.3) is 10.9 Å². The number of H-pyrrole nitrogens is 1. The summed E-state index contributed by atoms with van der Waals surface area (Å²) < 4.78 is 11.7. The number of ether oxygens (including phenoxy) is 2. The predicted octanol–water partition coefficient (Wildman–Crippen LogP) is 2.27. The first kappa shape index (κ1) is 19.6. The second-order valence-electron chi connectivity index (χ2n) is 5.80. The molecule has 1 heterocycles. The van der Waals surface area contributed by atoms with E-state index in [-0.39, 0.29) is 0 Å². The molecule has 0 fully saturated rings. The van der Waals surface area contributed by atoms with Crippen LogP contribution in [-0.2, 0) is 9.53 Å². The van der Waals surface area contributed by atoms with Gasteiger partial charge in [-0.3, -0.25) is 4.79 Å². The number of carbonyl (C=O) groups excluding carboxylic acids is 1. The normalized spacial score (nSPS) is 12.2. The van der Waals surface area contributed by atoms with Crippen LogP contribution in [0.3, 0.4) is 0 Å². The van der Waals surface area contributed by atoms with E-state index in [0.29, 0.717) is 22.2 Å². The number of aromatic nitrogens is 2. The van der Waals surface area contributed by atoms with Crippen molar-refractivity contribution >= 4 is 39.0 Å². The molecule has 144 valence electrons. The fourth-order valence-corrected chi connectivity index (χ4v) is 2.89. The molecule has 8 nitrogen and oxygen atoms in total. The highest BCUT2D eigenvalue weighted by molar-refractivity contribution is 9.10. The zero-order chi connectivity index (χ0) is 20.3. The molecule has 0 bridgehead atoms. The number of esters is 1. The van der Waals surface area contributed by atoms with Gasteiger partial charge in [-0.1, -0.05) is 28.1 Å². The van der Waals surface area contributed by atoms with Gasteiger partial charge in [0.1, 0.15) is 5.75 Å². The molecule has 3 aromatic rings. The maximum absolute atomic E-state index is 12.6. The molecule has 9 heteroatoms. The molecule has 1 unspecified atom stereocenters. The lowest BCUT2D eigenvalue weighted by molar-refractivity contribution is -0.147. The van der Waals surface area contributed by atoms with Gasteiger partial charge in [0.15, 0.2) is 6.10 Å². The van der Waals surface area contributed by atoms with E-state index in [4.69, 9.17) is 4.74 Å². The number of nitrogens with zero attached hydrogens (tertiary/aromatic N) is 2. The van der Waals surface area contributed by atoms with Crippen LogP contribution in [0, 0.1) is 0 Å². The summed E-state index contributed by atoms with van der Waals surface area (Å²) in [6, 6.07) is 11.7. The summed E-state index contributed by atoms with van der Waals surface area (Å²) in [6.45, 7) is 1.55. The van der Waals surface area contributed by atoms with Crippen LogP contribution in [0.2, 0.25) is 0 Å². The van der Waals surface area contributed by atoms with Gasteiger partial charge in [-0.05, 0) is 37.3 Å². The van der Waals surface area contributed by atoms with E-state index < -0.39 is 23.3 Å². The van der Waals surface area contributed by atoms with Gasteiger partial charge in [-0.15, -0.1) is 4.68 Å². The molecule has 0 spiro atoms. The van der Waals surface area contributed by atoms with Gasteiger partial charge in [0.25, 0.3) is 5.56 Å². The zero-order valence-corrected chi connectivity index (χ0v) is 16.6. The Bertz CT molecular complexity index is 1180. The number of hydrogen-bond acceptors (Lipinski definition) is 6. The highest BCUT2D eigenvalue weighted by Gasteiger charge is 2.16. The minimum absolute atomic E-state index is 0.337. The van der Waals surface area contributed by atoms with E-state index in [9.17, 15) is 14.4 Å². The van der Waals surface area contributed by atoms with E-state index >= 15 is 0 Å². The summed E-state index contributed by atoms with van der Waals surface area (Å²) in [4.78, 5) is 39.0. The summed E-state index contributed by atoms with van der Waals surface area (Å²) in [5.74, 6) is -0.192. The molecule has 0 amide bonds. The highest BCUT2D eigenvalue weighted by Crippen LogP contribution is 2.23. The summed E-state index contributed by atoms with van der Waals surface area (Å²) in [5.41, 5.74) is -0.316. The fourth-order valence-electron chi connectivity index (χ4n) is 2.51. The Labute approximate surface area is 167 Å². The van der Waals surface area contributed by atoms with E-state index in [1.807, 2.05) is 0 Å². The van der Waals surface area contributed by atoms with Crippen molar-refractivity contribution in [1.29, 1.82) is 0 Å². The van der Waals surface area contributed by atoms with Crippen LogP contribution in [0.15, 0.2) is 61.6 Å². The standard InChI is InChI=1S/C19H16BrN3O5/c1-11(18(25)27-2)28-16-8-7-13(20)9-12(16)10-21-23-17(24)14-5-3-4-6-15(14)22-19(23)26/h3-11H,1-2H3,(H,22,26). The molecule has 0 aliphatic carbocycles. The van der Waals surface area contributed by atoms with Gasteiger partial charge >= 0.3 is 11.7 Å². The molecular formula is C19H16BrN3O5. The van der Waals surface area contributed by atoms with Crippen molar-refractivity contribution in [2.24, 2.45) is 5.10 Å². The number of fused-ring (bicyclic) bond motifs is 1. The number of para-hydroxylation sites is 1. The van der Waals surface area contributed by atoms with E-state index in [1.54, 1.807) is 49.4 Å². The van der Waals surface area contributed by atoms with E-state index in [0.717, 1.165) is 9.15 Å². The van der Waals surface area contributed by atoms with Gasteiger partial charge < -0.3 is 14.5 Å². The van der Waals surface area contributed by atoms with Crippen molar-refractivity contribution in [3.8, 4) is 5.75 Å². The highest BCUT2D eigenvalue weighted by atomic mass is 79.9. The minimum atomic E-state index is -0.842. The average molecular weight is 446 g/mol. The zero-order valence-electron chi connectivity index (χ0n) is 15.0. The van der Waals surface area contributed by atoms with Crippen molar-refractivity contribution in [3.63, 3.8) is 0 Å². The van der Waals surface area contributed by atoms with Crippen LogP contribution in [0.4, 0.5) is 0 Å². The van der Waals surface area contributed by atoms with Gasteiger partial charge in [0.05, 0.1) is 24.2 Å². The second kappa shape index (κ2) is 8.22. The Morgan fingerprint density at radius 2 is 2.00 bits per heavy atom. The summed E-state index contributed by atoms with van der Waals surface area (Å²) in [7, 11) is 1.27. The number of nitrogens with one attached hydrogen (secondary N) is 1. The van der Waals surface area contributed by atoms with Crippen LogP contribution < -0.4 is 16.0 Å². The SMILES string of the molecule is COC(=O)C(C)Oc1ccc(Br)cc1C=Nn1c(=O)[nH]c2ccccc2c1=O. The maximum atomic E-state index is 12.6. The number of rotatable bonds is 5. The van der Waals surface area contributed by atoms with Crippen molar-refractivity contribution in [1.82, 2.24) is 9.66 Å². The molecule has 0 saturated heterocycles. The molecule has 2 aromatic carbocycles. The van der Waals surface area contributed by atoms with Crippen molar-refractivity contribution in [2.75, 3.05) is 7.11 Å². The Hall–Kier alpha value is -3.20. The topological polar surface area (TPSA) is 103 Å².